The van der Waals surface area contributed by atoms with Crippen molar-refractivity contribution in [3.63, 3.8) is 0 Å². The molecule has 0 spiro atoms. The molecule has 0 aliphatic heterocycles. The lowest BCUT2D eigenvalue weighted by Crippen LogP contribution is -2.14. The van der Waals surface area contributed by atoms with Crippen molar-refractivity contribution in [2.45, 2.75) is 19.4 Å². The van der Waals surface area contributed by atoms with Crippen LogP contribution in [0.25, 0.3) is 0 Å². The highest BCUT2D eigenvalue weighted by atomic mass is 32.1. The summed E-state index contributed by atoms with van der Waals surface area (Å²) in [5, 5.41) is 1.78. The van der Waals surface area contributed by atoms with E-state index >= 15 is 0 Å². The van der Waals surface area contributed by atoms with Gasteiger partial charge in [0, 0.05) is 18.1 Å². The van der Waals surface area contributed by atoms with E-state index < -0.39 is 0 Å². The van der Waals surface area contributed by atoms with Gasteiger partial charge in [-0.05, 0) is 12.8 Å². The van der Waals surface area contributed by atoms with Gasteiger partial charge in [-0.25, -0.2) is 0 Å². The van der Waals surface area contributed by atoms with Crippen molar-refractivity contribution in [1.29, 1.82) is 0 Å². The summed E-state index contributed by atoms with van der Waals surface area (Å²) in [5.41, 5.74) is 5.32. The van der Waals surface area contributed by atoms with E-state index in [9.17, 15) is 4.79 Å². The number of nitrogens with zero attached hydrogens (tertiary/aromatic N) is 1. The number of aryl methyl sites for hydroxylation is 1. The molecular formula is C7H10N2OS2. The zero-order valence-electron chi connectivity index (χ0n) is 6.53. The van der Waals surface area contributed by atoms with Crippen LogP contribution < -0.4 is 10.6 Å². The van der Waals surface area contributed by atoms with Crippen LogP contribution in [0.4, 0.5) is 0 Å². The summed E-state index contributed by atoms with van der Waals surface area (Å²) in [5.74, 6) is 0. The third-order valence-corrected chi connectivity index (χ3v) is 2.36. The molecule has 66 valence electrons. The van der Waals surface area contributed by atoms with E-state index in [2.05, 4.69) is 0 Å². The van der Waals surface area contributed by atoms with Crippen LogP contribution in [-0.4, -0.2) is 9.56 Å². The van der Waals surface area contributed by atoms with E-state index in [1.54, 1.807) is 16.1 Å². The first-order valence-corrected chi connectivity index (χ1v) is 4.91. The number of aromatic nitrogens is 1. The molecule has 1 heterocycles. The summed E-state index contributed by atoms with van der Waals surface area (Å²) in [7, 11) is 0. The monoisotopic (exact) mass is 202 g/mol. The highest BCUT2D eigenvalue weighted by Gasteiger charge is 1.96. The van der Waals surface area contributed by atoms with Gasteiger partial charge in [-0.15, -0.1) is 0 Å². The Morgan fingerprint density at radius 2 is 2.50 bits per heavy atom. The predicted molar refractivity (Wildman–Crippen MR) is 54.6 cm³/mol. The fourth-order valence-electron chi connectivity index (χ4n) is 0.880. The van der Waals surface area contributed by atoms with Crippen molar-refractivity contribution in [1.82, 2.24) is 4.57 Å². The Kier molecular flexibility index (Phi) is 3.43. The van der Waals surface area contributed by atoms with E-state index in [1.165, 1.54) is 11.3 Å². The highest BCUT2D eigenvalue weighted by molar-refractivity contribution is 7.80. The molecule has 0 aliphatic rings. The predicted octanol–water partition coefficient (Wildman–Crippen LogP) is 0.976. The van der Waals surface area contributed by atoms with Crippen molar-refractivity contribution in [3.05, 3.63) is 21.2 Å². The molecule has 3 nitrogen and oxygen atoms in total. The van der Waals surface area contributed by atoms with E-state index in [0.29, 0.717) is 18.0 Å². The summed E-state index contributed by atoms with van der Waals surface area (Å²) < 4.78 is 1.67. The molecule has 0 bridgehead atoms. The van der Waals surface area contributed by atoms with E-state index in [1.807, 2.05) is 0 Å². The number of thiazole rings is 1. The van der Waals surface area contributed by atoms with Crippen LogP contribution >= 0.6 is 23.6 Å². The Bertz CT molecular complexity index is 315. The zero-order chi connectivity index (χ0) is 8.97. The number of hydrogen-bond acceptors (Lipinski definition) is 3. The van der Waals surface area contributed by atoms with Crippen molar-refractivity contribution in [3.8, 4) is 0 Å². The Hall–Kier alpha value is -0.680. The molecule has 0 saturated carbocycles. The van der Waals surface area contributed by atoms with Gasteiger partial charge < -0.3 is 10.3 Å². The molecule has 0 unspecified atom stereocenters. The minimum atomic E-state index is 0.0814. The van der Waals surface area contributed by atoms with Gasteiger partial charge in [0.15, 0.2) is 0 Å². The lowest BCUT2D eigenvalue weighted by Gasteiger charge is -1.99. The van der Waals surface area contributed by atoms with Gasteiger partial charge >= 0.3 is 4.87 Å². The van der Waals surface area contributed by atoms with Crippen LogP contribution in [0.1, 0.15) is 12.8 Å². The Labute approximate surface area is 79.8 Å². The second-order valence-corrected chi connectivity index (χ2v) is 3.81. The van der Waals surface area contributed by atoms with Crippen molar-refractivity contribution < 1.29 is 0 Å². The number of hydrogen-bond donors (Lipinski definition) is 1. The van der Waals surface area contributed by atoms with Crippen molar-refractivity contribution in [2.24, 2.45) is 5.73 Å². The van der Waals surface area contributed by atoms with E-state index in [4.69, 9.17) is 18.0 Å². The van der Waals surface area contributed by atoms with Crippen LogP contribution in [0.5, 0.6) is 0 Å². The average molecular weight is 202 g/mol. The third-order valence-electron chi connectivity index (χ3n) is 1.47. The summed E-state index contributed by atoms with van der Waals surface area (Å²) >= 11 is 5.92. The molecule has 0 radical (unpaired) electrons. The summed E-state index contributed by atoms with van der Waals surface area (Å²) in [4.78, 5) is 11.6. The van der Waals surface area contributed by atoms with Gasteiger partial charge in [-0.1, -0.05) is 23.6 Å². The average Bonchev–Trinajstić information content (AvgIpc) is 2.36. The number of thiocarbonyl (C=S) groups is 1. The number of rotatable bonds is 4. The minimum absolute atomic E-state index is 0.0814. The van der Waals surface area contributed by atoms with E-state index in [-0.39, 0.29) is 4.87 Å². The lowest BCUT2D eigenvalue weighted by atomic mass is 10.3. The maximum absolute atomic E-state index is 11.0. The SMILES string of the molecule is NC(=S)CCCn1ccsc1=O. The maximum atomic E-state index is 11.0. The molecule has 2 N–H and O–H groups in total. The second-order valence-electron chi connectivity index (χ2n) is 2.43. The largest absolute Gasteiger partial charge is 0.393 e. The molecule has 0 aromatic carbocycles. The fraction of sp³-hybridized carbons (Fsp3) is 0.429. The molecule has 12 heavy (non-hydrogen) atoms. The fourth-order valence-corrected chi connectivity index (χ4v) is 1.64. The smallest absolute Gasteiger partial charge is 0.307 e. The molecular weight excluding hydrogens is 192 g/mol. The Balaban J connectivity index is 2.39. The van der Waals surface area contributed by atoms with Gasteiger partial charge in [0.1, 0.15) is 0 Å². The number of nitrogens with two attached hydrogens (primary N) is 1. The second kappa shape index (κ2) is 4.37. The first kappa shape index (κ1) is 9.41. The molecule has 1 rings (SSSR count). The van der Waals surface area contributed by atoms with Gasteiger partial charge in [0.2, 0.25) is 0 Å². The maximum Gasteiger partial charge on any atom is 0.307 e. The molecule has 0 fully saturated rings. The van der Waals surface area contributed by atoms with Crippen LogP contribution in [0, 0.1) is 0 Å². The molecule has 0 saturated heterocycles. The summed E-state index contributed by atoms with van der Waals surface area (Å²) in [6.07, 6.45) is 3.33. The van der Waals surface area contributed by atoms with Crippen LogP contribution in [0.15, 0.2) is 16.4 Å². The van der Waals surface area contributed by atoms with Gasteiger partial charge in [-0.2, -0.15) is 0 Å². The molecule has 5 heteroatoms. The molecule has 0 amide bonds. The molecule has 0 aliphatic carbocycles. The first-order valence-electron chi connectivity index (χ1n) is 3.62. The molecule has 0 atom stereocenters. The van der Waals surface area contributed by atoms with Gasteiger partial charge in [0.05, 0.1) is 4.99 Å². The normalized spacial score (nSPS) is 10.0. The van der Waals surface area contributed by atoms with Crippen LogP contribution in [0.3, 0.4) is 0 Å². The van der Waals surface area contributed by atoms with E-state index in [0.717, 1.165) is 6.42 Å². The molecule has 1 aromatic rings. The topological polar surface area (TPSA) is 48.0 Å². The highest BCUT2D eigenvalue weighted by Crippen LogP contribution is 1.95. The summed E-state index contributed by atoms with van der Waals surface area (Å²) in [6.45, 7) is 0.708. The zero-order valence-corrected chi connectivity index (χ0v) is 8.16. The van der Waals surface area contributed by atoms with Gasteiger partial charge in [0.25, 0.3) is 0 Å². The lowest BCUT2D eigenvalue weighted by molar-refractivity contribution is 0.650. The standard InChI is InChI=1S/C7H10N2OS2/c8-6(11)2-1-3-9-4-5-12-7(9)10/h4-5H,1-3H2,(H2,8,11). The van der Waals surface area contributed by atoms with Crippen LogP contribution in [0.2, 0.25) is 0 Å². The molecule has 1 aromatic heterocycles. The minimum Gasteiger partial charge on any atom is -0.393 e. The van der Waals surface area contributed by atoms with Gasteiger partial charge in [-0.3, -0.25) is 4.79 Å². The quantitative estimate of drug-likeness (QED) is 0.740. The van der Waals surface area contributed by atoms with Crippen molar-refractivity contribution in [2.75, 3.05) is 0 Å². The Morgan fingerprint density at radius 1 is 1.75 bits per heavy atom. The van der Waals surface area contributed by atoms with Crippen LogP contribution in [-0.2, 0) is 6.54 Å². The first-order chi connectivity index (χ1) is 5.70. The van der Waals surface area contributed by atoms with Crippen molar-refractivity contribution >= 4 is 28.5 Å². The summed E-state index contributed by atoms with van der Waals surface area (Å²) in [6, 6.07) is 0. The third kappa shape index (κ3) is 2.75. The Morgan fingerprint density at radius 3 is 3.00 bits per heavy atom.